The van der Waals surface area contributed by atoms with E-state index >= 15 is 0 Å². The molecule has 2 nitrogen and oxygen atoms in total. The second kappa shape index (κ2) is 5.38. The van der Waals surface area contributed by atoms with Crippen LogP contribution in [0.2, 0.25) is 0 Å². The van der Waals surface area contributed by atoms with Crippen molar-refractivity contribution in [2.45, 2.75) is 59.5 Å². The highest BCUT2D eigenvalue weighted by Gasteiger charge is 2.23. The Labute approximate surface area is 81.3 Å². The third-order valence-electron chi connectivity index (χ3n) is 2.42. The van der Waals surface area contributed by atoms with E-state index in [0.29, 0.717) is 6.42 Å². The summed E-state index contributed by atoms with van der Waals surface area (Å²) in [5, 5.41) is 9.41. The number of ketones is 1. The molecule has 1 N–H and O–H groups in total. The summed E-state index contributed by atoms with van der Waals surface area (Å²) in [6, 6.07) is 0. The molecule has 0 aromatic rings. The van der Waals surface area contributed by atoms with Gasteiger partial charge in [0.05, 0.1) is 0 Å². The molecule has 2 heteroatoms. The normalized spacial score (nSPS) is 14.2. The summed E-state index contributed by atoms with van der Waals surface area (Å²) in [6.45, 7) is 7.81. The highest BCUT2D eigenvalue weighted by Crippen LogP contribution is 2.29. The minimum atomic E-state index is -0.771. The van der Waals surface area contributed by atoms with Gasteiger partial charge < -0.3 is 5.11 Å². The van der Waals surface area contributed by atoms with Crippen molar-refractivity contribution in [3.8, 4) is 0 Å². The standard InChI is InChI=1S/C11H22O2/c1-5-6-7-11(3,4)8-10(13)9(2)12/h10,13H,5-8H2,1-4H3. The molecule has 0 radical (unpaired) electrons. The van der Waals surface area contributed by atoms with Crippen molar-refractivity contribution in [3.05, 3.63) is 0 Å². The van der Waals surface area contributed by atoms with E-state index < -0.39 is 6.10 Å². The van der Waals surface area contributed by atoms with Crippen LogP contribution in [0.1, 0.15) is 53.4 Å². The van der Waals surface area contributed by atoms with Gasteiger partial charge in [0.1, 0.15) is 6.10 Å². The SMILES string of the molecule is CCCCC(C)(C)CC(O)C(C)=O. The maximum absolute atomic E-state index is 10.8. The zero-order chi connectivity index (χ0) is 10.5. The maximum atomic E-state index is 10.8. The fraction of sp³-hybridized carbons (Fsp3) is 0.909. The predicted octanol–water partition coefficient (Wildman–Crippen LogP) is 2.54. The predicted molar refractivity (Wildman–Crippen MR) is 54.6 cm³/mol. The lowest BCUT2D eigenvalue weighted by Gasteiger charge is -2.26. The fourth-order valence-electron chi connectivity index (χ4n) is 1.42. The number of rotatable bonds is 6. The number of hydrogen-bond donors (Lipinski definition) is 1. The molecule has 1 unspecified atom stereocenters. The Kier molecular flexibility index (Phi) is 5.23. The molecule has 0 saturated heterocycles. The van der Waals surface area contributed by atoms with Crippen molar-refractivity contribution in [1.82, 2.24) is 0 Å². The van der Waals surface area contributed by atoms with Gasteiger partial charge in [-0.2, -0.15) is 0 Å². The van der Waals surface area contributed by atoms with E-state index in [0.717, 1.165) is 12.8 Å². The lowest BCUT2D eigenvalue weighted by atomic mass is 9.81. The van der Waals surface area contributed by atoms with Gasteiger partial charge in [0, 0.05) is 0 Å². The Balaban J connectivity index is 3.93. The Morgan fingerprint density at radius 1 is 1.46 bits per heavy atom. The summed E-state index contributed by atoms with van der Waals surface area (Å²) < 4.78 is 0. The Morgan fingerprint density at radius 2 is 2.00 bits per heavy atom. The minimum absolute atomic E-state index is 0.0844. The first-order chi connectivity index (χ1) is 5.89. The number of unbranched alkanes of at least 4 members (excludes halogenated alkanes) is 1. The van der Waals surface area contributed by atoms with E-state index in [-0.39, 0.29) is 11.2 Å². The Bertz CT molecular complexity index is 161. The second-order valence-corrected chi connectivity index (χ2v) is 4.60. The van der Waals surface area contributed by atoms with Gasteiger partial charge in [0.2, 0.25) is 0 Å². The topological polar surface area (TPSA) is 37.3 Å². The number of hydrogen-bond acceptors (Lipinski definition) is 2. The van der Waals surface area contributed by atoms with Crippen LogP contribution in [0.5, 0.6) is 0 Å². The van der Waals surface area contributed by atoms with Gasteiger partial charge in [-0.15, -0.1) is 0 Å². The van der Waals surface area contributed by atoms with Crippen molar-refractivity contribution in [1.29, 1.82) is 0 Å². The average Bonchev–Trinajstić information content (AvgIpc) is 2.00. The van der Waals surface area contributed by atoms with E-state index in [1.165, 1.54) is 13.3 Å². The molecule has 0 amide bonds. The summed E-state index contributed by atoms with van der Waals surface area (Å²) in [5.41, 5.74) is 0.0844. The number of aliphatic hydroxyl groups excluding tert-OH is 1. The molecular formula is C11H22O2. The molecule has 1 atom stereocenters. The maximum Gasteiger partial charge on any atom is 0.158 e. The van der Waals surface area contributed by atoms with Crippen LogP contribution < -0.4 is 0 Å². The third kappa shape index (κ3) is 5.81. The fourth-order valence-corrected chi connectivity index (χ4v) is 1.42. The molecule has 0 bridgehead atoms. The molecule has 0 spiro atoms. The summed E-state index contributed by atoms with van der Waals surface area (Å²) in [4.78, 5) is 10.8. The second-order valence-electron chi connectivity index (χ2n) is 4.60. The molecule has 0 aliphatic heterocycles. The van der Waals surface area contributed by atoms with Crippen LogP contribution in [-0.2, 0) is 4.79 Å². The first-order valence-electron chi connectivity index (χ1n) is 5.07. The smallest absolute Gasteiger partial charge is 0.158 e. The van der Waals surface area contributed by atoms with Gasteiger partial charge in [0.15, 0.2) is 5.78 Å². The van der Waals surface area contributed by atoms with Crippen LogP contribution in [0.15, 0.2) is 0 Å². The lowest BCUT2D eigenvalue weighted by Crippen LogP contribution is -2.25. The van der Waals surface area contributed by atoms with Crippen LogP contribution in [0, 0.1) is 5.41 Å². The number of Topliss-reactive ketones (excluding diaryl/α,β-unsaturated/α-hetero) is 1. The van der Waals surface area contributed by atoms with Gasteiger partial charge in [-0.05, 0) is 25.2 Å². The van der Waals surface area contributed by atoms with Crippen LogP contribution in [0.4, 0.5) is 0 Å². The number of carbonyl (C=O) groups is 1. The van der Waals surface area contributed by atoms with Gasteiger partial charge in [0.25, 0.3) is 0 Å². The molecule has 0 saturated carbocycles. The van der Waals surface area contributed by atoms with E-state index in [1.54, 1.807) is 0 Å². The monoisotopic (exact) mass is 186 g/mol. The third-order valence-corrected chi connectivity index (χ3v) is 2.42. The van der Waals surface area contributed by atoms with Gasteiger partial charge >= 0.3 is 0 Å². The number of aliphatic hydroxyl groups is 1. The summed E-state index contributed by atoms with van der Waals surface area (Å²) >= 11 is 0. The molecule has 78 valence electrons. The molecule has 0 fully saturated rings. The molecule has 13 heavy (non-hydrogen) atoms. The van der Waals surface area contributed by atoms with Gasteiger partial charge in [-0.1, -0.05) is 33.6 Å². The van der Waals surface area contributed by atoms with E-state index in [1.807, 2.05) is 0 Å². The molecule has 0 aromatic heterocycles. The Morgan fingerprint density at radius 3 is 2.38 bits per heavy atom. The minimum Gasteiger partial charge on any atom is -0.385 e. The zero-order valence-corrected chi connectivity index (χ0v) is 9.26. The molecular weight excluding hydrogens is 164 g/mol. The number of carbonyl (C=O) groups excluding carboxylic acids is 1. The summed E-state index contributed by atoms with van der Waals surface area (Å²) in [5.74, 6) is -0.121. The highest BCUT2D eigenvalue weighted by molar-refractivity contribution is 5.80. The van der Waals surface area contributed by atoms with Crippen LogP contribution in [0.3, 0.4) is 0 Å². The van der Waals surface area contributed by atoms with Gasteiger partial charge in [-0.3, -0.25) is 4.79 Å². The van der Waals surface area contributed by atoms with E-state index in [9.17, 15) is 9.90 Å². The zero-order valence-electron chi connectivity index (χ0n) is 9.26. The molecule has 0 aliphatic rings. The molecule has 0 rings (SSSR count). The summed E-state index contributed by atoms with van der Waals surface area (Å²) in [7, 11) is 0. The van der Waals surface area contributed by atoms with Gasteiger partial charge in [-0.25, -0.2) is 0 Å². The van der Waals surface area contributed by atoms with Crippen LogP contribution in [0.25, 0.3) is 0 Å². The Hall–Kier alpha value is -0.370. The molecule has 0 heterocycles. The van der Waals surface area contributed by atoms with E-state index in [2.05, 4.69) is 20.8 Å². The van der Waals surface area contributed by atoms with Crippen molar-refractivity contribution in [2.75, 3.05) is 0 Å². The van der Waals surface area contributed by atoms with Crippen molar-refractivity contribution >= 4 is 5.78 Å². The first-order valence-corrected chi connectivity index (χ1v) is 5.07. The largest absolute Gasteiger partial charge is 0.385 e. The van der Waals surface area contributed by atoms with Crippen molar-refractivity contribution in [3.63, 3.8) is 0 Å². The quantitative estimate of drug-likeness (QED) is 0.692. The van der Waals surface area contributed by atoms with Crippen molar-refractivity contribution in [2.24, 2.45) is 5.41 Å². The molecule has 0 aliphatic carbocycles. The molecule has 0 aromatic carbocycles. The van der Waals surface area contributed by atoms with Crippen molar-refractivity contribution < 1.29 is 9.90 Å². The highest BCUT2D eigenvalue weighted by atomic mass is 16.3. The average molecular weight is 186 g/mol. The summed E-state index contributed by atoms with van der Waals surface area (Å²) in [6.07, 6.45) is 3.22. The first kappa shape index (κ1) is 12.6. The lowest BCUT2D eigenvalue weighted by molar-refractivity contribution is -0.126. The van der Waals surface area contributed by atoms with Crippen LogP contribution >= 0.6 is 0 Å². The van der Waals surface area contributed by atoms with Crippen LogP contribution in [-0.4, -0.2) is 17.0 Å². The van der Waals surface area contributed by atoms with E-state index in [4.69, 9.17) is 0 Å².